The maximum Gasteiger partial charge on any atom is 0.327 e. The zero-order valence-corrected chi connectivity index (χ0v) is 17.8. The first-order valence-electron chi connectivity index (χ1n) is 8.87. The van der Waals surface area contributed by atoms with E-state index in [1.54, 1.807) is 18.2 Å². The smallest absolute Gasteiger partial charge is 0.327 e. The minimum Gasteiger partial charge on any atom is -0.454 e. The lowest BCUT2D eigenvalue weighted by molar-refractivity contribution is -0.152. The van der Waals surface area contributed by atoms with Crippen molar-refractivity contribution < 1.29 is 32.6 Å². The minimum absolute atomic E-state index is 0.184. The molecule has 0 aliphatic heterocycles. The van der Waals surface area contributed by atoms with Crippen LogP contribution in [0.1, 0.15) is 17.3 Å². The lowest BCUT2D eigenvalue weighted by Crippen LogP contribution is -2.49. The number of carbonyl (C=O) groups is 3. The second-order valence-electron chi connectivity index (χ2n) is 6.27. The van der Waals surface area contributed by atoms with Crippen molar-refractivity contribution >= 4 is 39.4 Å². The molecule has 2 amide bonds. The highest BCUT2D eigenvalue weighted by Crippen LogP contribution is 2.15. The Labute approximate surface area is 183 Å². The first-order chi connectivity index (χ1) is 14.6. The zero-order chi connectivity index (χ0) is 23.0. The van der Waals surface area contributed by atoms with E-state index in [1.165, 1.54) is 43.3 Å². The summed E-state index contributed by atoms with van der Waals surface area (Å²) in [5.41, 5.74) is 4.49. The fourth-order valence-electron chi connectivity index (χ4n) is 2.24. The summed E-state index contributed by atoms with van der Waals surface area (Å²) in [5.74, 6) is -2.64. The summed E-state index contributed by atoms with van der Waals surface area (Å²) in [6.45, 7) is 0.357. The molecular formula is C19H20ClN3O7S. The molecule has 0 aliphatic carbocycles. The molecule has 0 spiro atoms. The number of carbonyl (C=O) groups excluding carboxylic acids is 3. The molecular weight excluding hydrogens is 450 g/mol. The van der Waals surface area contributed by atoms with Crippen LogP contribution in [0, 0.1) is 0 Å². The molecule has 2 rings (SSSR count). The molecule has 0 aliphatic rings. The number of halogens is 1. The summed E-state index contributed by atoms with van der Waals surface area (Å²) in [6.07, 6.45) is -1.46. The van der Waals surface area contributed by atoms with Crippen LogP contribution < -0.4 is 15.6 Å². The molecule has 2 aromatic carbocycles. The van der Waals surface area contributed by atoms with Crippen LogP contribution in [-0.2, 0) is 24.3 Å². The second kappa shape index (κ2) is 10.9. The number of nitrogens with one attached hydrogen (secondary N) is 3. The molecule has 0 unspecified atom stereocenters. The summed E-state index contributed by atoms with van der Waals surface area (Å²) in [5, 5.41) is 10.1. The Morgan fingerprint density at radius 1 is 1.03 bits per heavy atom. The molecule has 0 aromatic heterocycles. The molecule has 0 bridgehead atoms. The summed E-state index contributed by atoms with van der Waals surface area (Å²) in [6, 6.07) is 11.5. The van der Waals surface area contributed by atoms with E-state index in [2.05, 4.69) is 10.9 Å². The van der Waals surface area contributed by atoms with Gasteiger partial charge in [-0.3, -0.25) is 25.2 Å². The van der Waals surface area contributed by atoms with Crippen LogP contribution in [0.3, 0.4) is 0 Å². The van der Waals surface area contributed by atoms with Crippen LogP contribution >= 0.6 is 11.6 Å². The standard InChI is InChI=1S/C19H20ClN3O7S/c1-12(24)17(23-31(28,29)15-9-7-14(20)8-10-15)19(27)30-11-16(25)21-22-18(26)13-5-3-2-4-6-13/h2-10,12,17,23-24H,11H2,1H3,(H,21,25)(H,22,26)/t12-,17+/m1/s1. The number of amides is 2. The van der Waals surface area contributed by atoms with Gasteiger partial charge in [0.25, 0.3) is 11.8 Å². The number of benzene rings is 2. The van der Waals surface area contributed by atoms with Crippen molar-refractivity contribution in [3.63, 3.8) is 0 Å². The number of aliphatic hydroxyl groups is 1. The first-order valence-corrected chi connectivity index (χ1v) is 10.7. The summed E-state index contributed by atoms with van der Waals surface area (Å²) < 4.78 is 31.6. The minimum atomic E-state index is -4.18. The third kappa shape index (κ3) is 7.33. The van der Waals surface area contributed by atoms with E-state index in [9.17, 15) is 27.9 Å². The number of aliphatic hydroxyl groups excluding tert-OH is 1. The Balaban J connectivity index is 1.91. The molecule has 0 fully saturated rings. The van der Waals surface area contributed by atoms with E-state index in [4.69, 9.17) is 16.3 Å². The normalized spacial score (nSPS) is 13.0. The Bertz CT molecular complexity index is 1030. The van der Waals surface area contributed by atoms with Gasteiger partial charge in [-0.25, -0.2) is 8.42 Å². The topological polar surface area (TPSA) is 151 Å². The molecule has 31 heavy (non-hydrogen) atoms. The van der Waals surface area contributed by atoms with Crippen LogP contribution in [0.2, 0.25) is 5.02 Å². The van der Waals surface area contributed by atoms with Crippen molar-refractivity contribution in [2.45, 2.75) is 24.0 Å². The molecule has 2 aromatic rings. The van der Waals surface area contributed by atoms with E-state index in [-0.39, 0.29) is 4.90 Å². The van der Waals surface area contributed by atoms with E-state index in [1.807, 2.05) is 4.72 Å². The van der Waals surface area contributed by atoms with Gasteiger partial charge in [-0.1, -0.05) is 29.8 Å². The van der Waals surface area contributed by atoms with Crippen molar-refractivity contribution in [2.24, 2.45) is 0 Å². The van der Waals surface area contributed by atoms with Crippen molar-refractivity contribution in [3.8, 4) is 0 Å². The van der Waals surface area contributed by atoms with E-state index < -0.39 is 46.6 Å². The van der Waals surface area contributed by atoms with Gasteiger partial charge in [0.15, 0.2) is 6.61 Å². The maximum absolute atomic E-state index is 12.4. The summed E-state index contributed by atoms with van der Waals surface area (Å²) >= 11 is 5.73. The largest absolute Gasteiger partial charge is 0.454 e. The van der Waals surface area contributed by atoms with Crippen molar-refractivity contribution in [2.75, 3.05) is 6.61 Å². The van der Waals surface area contributed by atoms with Crippen LogP contribution in [0.4, 0.5) is 0 Å². The molecule has 0 heterocycles. The number of hydrogen-bond donors (Lipinski definition) is 4. The number of hydrogen-bond acceptors (Lipinski definition) is 7. The lowest BCUT2D eigenvalue weighted by atomic mass is 10.2. The zero-order valence-electron chi connectivity index (χ0n) is 16.2. The number of esters is 1. The molecule has 0 radical (unpaired) electrons. The summed E-state index contributed by atoms with van der Waals surface area (Å²) in [4.78, 5) is 35.7. The fraction of sp³-hybridized carbons (Fsp3) is 0.211. The van der Waals surface area contributed by atoms with Crippen molar-refractivity contribution in [3.05, 3.63) is 65.2 Å². The van der Waals surface area contributed by atoms with Gasteiger partial charge >= 0.3 is 5.97 Å². The predicted molar refractivity (Wildman–Crippen MR) is 110 cm³/mol. The van der Waals surface area contributed by atoms with Gasteiger partial charge in [-0.2, -0.15) is 4.72 Å². The van der Waals surface area contributed by atoms with Gasteiger partial charge in [0.2, 0.25) is 10.0 Å². The highest BCUT2D eigenvalue weighted by molar-refractivity contribution is 7.89. The molecule has 4 N–H and O–H groups in total. The lowest BCUT2D eigenvalue weighted by Gasteiger charge is -2.20. The van der Waals surface area contributed by atoms with Gasteiger partial charge in [0.05, 0.1) is 11.0 Å². The van der Waals surface area contributed by atoms with Crippen LogP contribution in [0.25, 0.3) is 0 Å². The fourth-order valence-corrected chi connectivity index (χ4v) is 3.63. The number of ether oxygens (including phenoxy) is 1. The van der Waals surface area contributed by atoms with Crippen LogP contribution in [0.15, 0.2) is 59.5 Å². The number of sulfonamides is 1. The van der Waals surface area contributed by atoms with Gasteiger partial charge in [-0.05, 0) is 43.3 Å². The average Bonchev–Trinajstić information content (AvgIpc) is 2.74. The Morgan fingerprint density at radius 3 is 2.23 bits per heavy atom. The maximum atomic E-state index is 12.4. The van der Waals surface area contributed by atoms with Crippen molar-refractivity contribution in [1.82, 2.24) is 15.6 Å². The van der Waals surface area contributed by atoms with E-state index in [0.29, 0.717) is 10.6 Å². The molecule has 0 saturated carbocycles. The van der Waals surface area contributed by atoms with Gasteiger partial charge in [-0.15, -0.1) is 0 Å². The third-order valence-corrected chi connectivity index (χ3v) is 5.55. The van der Waals surface area contributed by atoms with Crippen molar-refractivity contribution in [1.29, 1.82) is 0 Å². The first kappa shape index (κ1) is 24.3. The Hall–Kier alpha value is -2.99. The Morgan fingerprint density at radius 2 is 1.65 bits per heavy atom. The quantitative estimate of drug-likeness (QED) is 0.322. The van der Waals surface area contributed by atoms with Gasteiger partial charge < -0.3 is 9.84 Å². The van der Waals surface area contributed by atoms with Gasteiger partial charge in [0, 0.05) is 10.6 Å². The third-order valence-electron chi connectivity index (χ3n) is 3.84. The van der Waals surface area contributed by atoms with E-state index in [0.717, 1.165) is 0 Å². The number of rotatable bonds is 8. The number of hydrazine groups is 1. The molecule has 10 nitrogen and oxygen atoms in total. The molecule has 2 atom stereocenters. The SMILES string of the molecule is C[C@@H](O)[C@H](NS(=O)(=O)c1ccc(Cl)cc1)C(=O)OCC(=O)NNC(=O)c1ccccc1. The monoisotopic (exact) mass is 469 g/mol. The van der Waals surface area contributed by atoms with Crippen LogP contribution in [0.5, 0.6) is 0 Å². The Kier molecular flexibility index (Phi) is 8.51. The highest BCUT2D eigenvalue weighted by atomic mass is 35.5. The molecule has 0 saturated heterocycles. The second-order valence-corrected chi connectivity index (χ2v) is 8.42. The molecule has 166 valence electrons. The van der Waals surface area contributed by atoms with Gasteiger partial charge in [0.1, 0.15) is 6.04 Å². The van der Waals surface area contributed by atoms with E-state index >= 15 is 0 Å². The van der Waals surface area contributed by atoms with Crippen LogP contribution in [-0.4, -0.2) is 50.1 Å². The molecule has 12 heteroatoms. The predicted octanol–water partition coefficient (Wildman–Crippen LogP) is 0.372. The summed E-state index contributed by atoms with van der Waals surface area (Å²) in [7, 11) is -4.18. The highest BCUT2D eigenvalue weighted by Gasteiger charge is 2.31. The average molecular weight is 470 g/mol.